The maximum atomic E-state index is 9.83. The first-order chi connectivity index (χ1) is 4.04. The molecule has 9 heavy (non-hydrogen) atoms. The van der Waals surface area contributed by atoms with Crippen molar-refractivity contribution in [1.82, 2.24) is 0 Å². The van der Waals surface area contributed by atoms with E-state index in [1.807, 2.05) is 0 Å². The van der Waals surface area contributed by atoms with Crippen LogP contribution in [0.3, 0.4) is 0 Å². The topological polar surface area (TPSA) is 94.8 Å². The van der Waals surface area contributed by atoms with Gasteiger partial charge in [-0.1, -0.05) is 0 Å². The molecule has 0 rings (SSSR count). The van der Waals surface area contributed by atoms with E-state index in [0.717, 1.165) is 0 Å². The van der Waals surface area contributed by atoms with E-state index in [-0.39, 0.29) is 0 Å². The van der Waals surface area contributed by atoms with Crippen molar-refractivity contribution < 1.29 is 23.8 Å². The summed E-state index contributed by atoms with van der Waals surface area (Å²) >= 11 is -2.46. The lowest BCUT2D eigenvalue weighted by Gasteiger charge is -1.99. The minimum Gasteiger partial charge on any atom is -0.481 e. The van der Waals surface area contributed by atoms with Gasteiger partial charge in [0.15, 0.2) is 16.5 Å². The molecule has 0 radical (unpaired) electrons. The SMILES string of the molecule is O=C(O)CC(O)S(=O)O. The second-order valence-electron chi connectivity index (χ2n) is 1.33. The van der Waals surface area contributed by atoms with Gasteiger partial charge >= 0.3 is 5.97 Å². The lowest BCUT2D eigenvalue weighted by atomic mass is 10.5. The normalized spacial score (nSPS) is 16.7. The average Bonchev–Trinajstić information content (AvgIpc) is 1.63. The molecule has 2 unspecified atom stereocenters. The minimum atomic E-state index is -2.46. The van der Waals surface area contributed by atoms with Crippen LogP contribution in [0, 0.1) is 0 Å². The van der Waals surface area contributed by atoms with Crippen LogP contribution < -0.4 is 0 Å². The maximum absolute atomic E-state index is 9.83. The standard InChI is InChI=1S/C3H6O5S/c4-2(5)1-3(6)9(7)8/h3,6H,1H2,(H,4,5)(H,7,8). The molecule has 6 heteroatoms. The second-order valence-corrected chi connectivity index (χ2v) is 2.43. The Labute approximate surface area is 53.6 Å². The van der Waals surface area contributed by atoms with Gasteiger partial charge < -0.3 is 14.8 Å². The van der Waals surface area contributed by atoms with E-state index in [1.54, 1.807) is 0 Å². The van der Waals surface area contributed by atoms with Gasteiger partial charge in [-0.25, -0.2) is 4.21 Å². The van der Waals surface area contributed by atoms with Crippen LogP contribution in [0.4, 0.5) is 0 Å². The summed E-state index contributed by atoms with van der Waals surface area (Å²) < 4.78 is 17.9. The quantitative estimate of drug-likeness (QED) is 0.453. The van der Waals surface area contributed by atoms with Gasteiger partial charge in [-0.3, -0.25) is 4.79 Å². The third kappa shape index (κ3) is 4.07. The zero-order valence-corrected chi connectivity index (χ0v) is 5.17. The predicted octanol–water partition coefficient (Wildman–Crippen LogP) is -0.999. The zero-order chi connectivity index (χ0) is 7.44. The molecule has 0 spiro atoms. The molecule has 0 aromatic carbocycles. The highest BCUT2D eigenvalue weighted by Crippen LogP contribution is 1.93. The van der Waals surface area contributed by atoms with Crippen LogP contribution in [0.1, 0.15) is 6.42 Å². The molecule has 0 fully saturated rings. The van der Waals surface area contributed by atoms with Crippen molar-refractivity contribution >= 4 is 17.0 Å². The molecule has 54 valence electrons. The first kappa shape index (κ1) is 8.54. The summed E-state index contributed by atoms with van der Waals surface area (Å²) in [5, 5.41) is 16.3. The second kappa shape index (κ2) is 3.54. The van der Waals surface area contributed by atoms with Crippen LogP contribution in [0.15, 0.2) is 0 Å². The molecule has 2 atom stereocenters. The largest absolute Gasteiger partial charge is 0.481 e. The molecule has 0 aliphatic carbocycles. The van der Waals surface area contributed by atoms with Gasteiger partial charge in [0.2, 0.25) is 0 Å². The molecule has 3 N–H and O–H groups in total. The summed E-state index contributed by atoms with van der Waals surface area (Å²) in [4.78, 5) is 9.71. The predicted molar refractivity (Wildman–Crippen MR) is 29.0 cm³/mol. The molecule has 0 saturated heterocycles. The van der Waals surface area contributed by atoms with E-state index in [2.05, 4.69) is 0 Å². The molecule has 0 saturated carbocycles. The van der Waals surface area contributed by atoms with E-state index in [9.17, 15) is 9.00 Å². The third-order valence-electron chi connectivity index (χ3n) is 0.582. The van der Waals surface area contributed by atoms with Crippen molar-refractivity contribution in [3.63, 3.8) is 0 Å². The number of rotatable bonds is 3. The number of hydrogen-bond acceptors (Lipinski definition) is 3. The summed E-state index contributed by atoms with van der Waals surface area (Å²) in [5.74, 6) is -1.30. The number of carbonyl (C=O) groups is 1. The number of carboxylic acids is 1. The summed E-state index contributed by atoms with van der Waals surface area (Å²) in [6.07, 6.45) is -0.705. The molecule has 5 nitrogen and oxygen atoms in total. The fraction of sp³-hybridized carbons (Fsp3) is 0.667. The monoisotopic (exact) mass is 154 g/mol. The Bertz CT molecular complexity index is 132. The molecule has 0 aliphatic rings. The number of aliphatic hydroxyl groups excluding tert-OH is 1. The van der Waals surface area contributed by atoms with Gasteiger partial charge in [0, 0.05) is 0 Å². The number of carboxylic acid groups (broad SMARTS) is 1. The Balaban J connectivity index is 3.63. The molecule has 0 aromatic rings. The molecule has 0 amide bonds. The Morgan fingerprint density at radius 1 is 1.67 bits per heavy atom. The number of aliphatic carboxylic acids is 1. The highest BCUT2D eigenvalue weighted by atomic mass is 32.2. The first-order valence-corrected chi connectivity index (χ1v) is 3.20. The van der Waals surface area contributed by atoms with Crippen molar-refractivity contribution in [2.45, 2.75) is 11.9 Å². The highest BCUT2D eigenvalue weighted by molar-refractivity contribution is 7.79. The lowest BCUT2D eigenvalue weighted by Crippen LogP contribution is -2.17. The molecule has 0 aromatic heterocycles. The molecule has 0 bridgehead atoms. The smallest absolute Gasteiger partial charge is 0.307 e. The zero-order valence-electron chi connectivity index (χ0n) is 4.35. The Morgan fingerprint density at radius 2 is 2.11 bits per heavy atom. The Morgan fingerprint density at radius 3 is 2.22 bits per heavy atom. The maximum Gasteiger partial charge on any atom is 0.307 e. The Hall–Kier alpha value is -0.460. The summed E-state index contributed by atoms with van der Waals surface area (Å²) in [6.45, 7) is 0. The molecule has 0 aliphatic heterocycles. The van der Waals surface area contributed by atoms with Crippen LogP contribution in [0.5, 0.6) is 0 Å². The molecular weight excluding hydrogens is 148 g/mol. The molecular formula is C3H6O5S. The fourth-order valence-corrected chi connectivity index (χ4v) is 0.506. The molecule has 0 heterocycles. The highest BCUT2D eigenvalue weighted by Gasteiger charge is 2.13. The van der Waals surface area contributed by atoms with Gasteiger partial charge in [0.05, 0.1) is 6.42 Å². The van der Waals surface area contributed by atoms with Crippen molar-refractivity contribution in [2.75, 3.05) is 0 Å². The van der Waals surface area contributed by atoms with Gasteiger partial charge in [0.25, 0.3) is 0 Å². The fourth-order valence-electron chi connectivity index (χ4n) is 0.221. The number of aliphatic hydroxyl groups is 1. The third-order valence-corrected chi connectivity index (χ3v) is 1.21. The van der Waals surface area contributed by atoms with Gasteiger partial charge in [-0.2, -0.15) is 0 Å². The van der Waals surface area contributed by atoms with E-state index in [0.29, 0.717) is 0 Å². The van der Waals surface area contributed by atoms with Crippen molar-refractivity contribution in [2.24, 2.45) is 0 Å². The first-order valence-electron chi connectivity index (χ1n) is 2.03. The summed E-state index contributed by atoms with van der Waals surface area (Å²) in [5.41, 5.74) is -1.68. The van der Waals surface area contributed by atoms with Crippen molar-refractivity contribution in [3.05, 3.63) is 0 Å². The van der Waals surface area contributed by atoms with Gasteiger partial charge in [-0.15, -0.1) is 0 Å². The van der Waals surface area contributed by atoms with E-state index >= 15 is 0 Å². The van der Waals surface area contributed by atoms with Crippen molar-refractivity contribution in [1.29, 1.82) is 0 Å². The van der Waals surface area contributed by atoms with Gasteiger partial charge in [-0.05, 0) is 0 Å². The summed E-state index contributed by atoms with van der Waals surface area (Å²) in [7, 11) is 0. The van der Waals surface area contributed by atoms with Crippen LogP contribution in [0.2, 0.25) is 0 Å². The van der Waals surface area contributed by atoms with E-state index in [1.165, 1.54) is 0 Å². The van der Waals surface area contributed by atoms with Crippen molar-refractivity contribution in [3.8, 4) is 0 Å². The van der Waals surface area contributed by atoms with Crippen LogP contribution in [0.25, 0.3) is 0 Å². The lowest BCUT2D eigenvalue weighted by molar-refractivity contribution is -0.138. The van der Waals surface area contributed by atoms with E-state index < -0.39 is 28.9 Å². The van der Waals surface area contributed by atoms with Crippen LogP contribution in [-0.4, -0.2) is 30.4 Å². The minimum absolute atomic E-state index is 0.705. The van der Waals surface area contributed by atoms with Crippen LogP contribution >= 0.6 is 0 Å². The summed E-state index contributed by atoms with van der Waals surface area (Å²) in [6, 6.07) is 0. The van der Waals surface area contributed by atoms with Crippen LogP contribution in [-0.2, 0) is 15.9 Å². The van der Waals surface area contributed by atoms with E-state index in [4.69, 9.17) is 14.8 Å². The number of hydrogen-bond donors (Lipinski definition) is 3. The van der Waals surface area contributed by atoms with Gasteiger partial charge in [0.1, 0.15) is 0 Å². The Kier molecular flexibility index (Phi) is 3.36. The average molecular weight is 154 g/mol.